The Labute approximate surface area is 387 Å². The minimum Gasteiger partial charge on any atom is -0.456 e. The van der Waals surface area contributed by atoms with Crippen molar-refractivity contribution in [3.8, 4) is 11.1 Å². The van der Waals surface area contributed by atoms with E-state index in [9.17, 15) is 0 Å². The molecular formula is C61H56N2OS. The summed E-state index contributed by atoms with van der Waals surface area (Å²) in [6.45, 7) is 22.8. The van der Waals surface area contributed by atoms with Crippen molar-refractivity contribution >= 4 is 87.6 Å². The molecule has 0 spiro atoms. The fraction of sp³-hybridized carbons (Fsp3) is 0.213. The van der Waals surface area contributed by atoms with Crippen LogP contribution in [0.25, 0.3) is 53.2 Å². The van der Waals surface area contributed by atoms with Crippen LogP contribution in [-0.4, -0.2) is 0 Å². The van der Waals surface area contributed by atoms with Crippen molar-refractivity contribution in [3.63, 3.8) is 0 Å². The minimum absolute atomic E-state index is 0.380. The minimum atomic E-state index is -0.380. The molecule has 0 aliphatic heterocycles. The van der Waals surface area contributed by atoms with Gasteiger partial charge >= 0.3 is 0 Å². The Kier molecular flexibility index (Phi) is 9.64. The van der Waals surface area contributed by atoms with Crippen LogP contribution >= 0.6 is 11.3 Å². The molecule has 2 heterocycles. The molecule has 0 bridgehead atoms. The fourth-order valence-electron chi connectivity index (χ4n) is 10.8. The molecule has 1 aliphatic rings. The summed E-state index contributed by atoms with van der Waals surface area (Å²) in [6.07, 6.45) is 0. The average Bonchev–Trinajstić information content (AvgIpc) is 3.92. The van der Waals surface area contributed by atoms with Gasteiger partial charge < -0.3 is 14.2 Å². The lowest BCUT2D eigenvalue weighted by Crippen LogP contribution is -2.17. The first kappa shape index (κ1) is 41.1. The SMILES string of the molecule is Cc1ccc(N(c2ccc(C(C)C)cc2)c2ccc3sc4c5c(c(N(c6ccc(C(C)C)cc6)c6ccc(C)cc6C)cc4c3c2)-c2ccc3c(oc4ccccc43)c2C5(C)C)c(C)c1. The van der Waals surface area contributed by atoms with Crippen molar-refractivity contribution in [3.05, 3.63) is 190 Å². The van der Waals surface area contributed by atoms with Crippen molar-refractivity contribution in [2.75, 3.05) is 9.80 Å². The normalized spacial score (nSPS) is 13.2. The van der Waals surface area contributed by atoms with E-state index in [0.29, 0.717) is 11.8 Å². The van der Waals surface area contributed by atoms with Gasteiger partial charge in [0.1, 0.15) is 11.2 Å². The third-order valence-corrected chi connectivity index (χ3v) is 15.3. The molecule has 0 saturated carbocycles. The summed E-state index contributed by atoms with van der Waals surface area (Å²) in [5.41, 5.74) is 21.3. The van der Waals surface area contributed by atoms with Gasteiger partial charge in [0.15, 0.2) is 0 Å². The third kappa shape index (κ3) is 6.51. The molecule has 0 radical (unpaired) electrons. The second-order valence-corrected chi connectivity index (χ2v) is 20.7. The van der Waals surface area contributed by atoms with Gasteiger partial charge in [-0.2, -0.15) is 0 Å². The molecule has 8 aromatic carbocycles. The van der Waals surface area contributed by atoms with Crippen molar-refractivity contribution in [2.24, 2.45) is 0 Å². The number of hydrogen-bond acceptors (Lipinski definition) is 4. The second-order valence-electron chi connectivity index (χ2n) is 19.6. The molecule has 3 nitrogen and oxygen atoms in total. The van der Waals surface area contributed by atoms with Crippen molar-refractivity contribution in [1.29, 1.82) is 0 Å². The van der Waals surface area contributed by atoms with Crippen LogP contribution in [0.1, 0.15) is 97.9 Å². The number of aryl methyl sites for hydroxylation is 4. The third-order valence-electron chi connectivity index (χ3n) is 14.1. The number of rotatable bonds is 8. The van der Waals surface area contributed by atoms with E-state index >= 15 is 0 Å². The van der Waals surface area contributed by atoms with E-state index in [2.05, 4.69) is 225 Å². The lowest BCUT2D eigenvalue weighted by atomic mass is 9.81. The van der Waals surface area contributed by atoms with Crippen LogP contribution in [0.15, 0.2) is 150 Å². The number of thiophene rings is 1. The van der Waals surface area contributed by atoms with Gasteiger partial charge in [-0.25, -0.2) is 0 Å². The summed E-state index contributed by atoms with van der Waals surface area (Å²) in [6, 6.07) is 55.0. The summed E-state index contributed by atoms with van der Waals surface area (Å²) in [5.74, 6) is 0.888. The van der Waals surface area contributed by atoms with Gasteiger partial charge in [0.25, 0.3) is 0 Å². The highest BCUT2D eigenvalue weighted by Crippen LogP contribution is 2.61. The zero-order chi connectivity index (χ0) is 45.1. The van der Waals surface area contributed by atoms with E-state index < -0.39 is 0 Å². The summed E-state index contributed by atoms with van der Waals surface area (Å²) in [5, 5.41) is 4.86. The Hall–Kier alpha value is -6.62. The van der Waals surface area contributed by atoms with Crippen LogP contribution in [0.4, 0.5) is 34.1 Å². The van der Waals surface area contributed by atoms with Crippen molar-refractivity contribution in [2.45, 2.75) is 86.5 Å². The first-order valence-electron chi connectivity index (χ1n) is 23.2. The lowest BCUT2D eigenvalue weighted by molar-refractivity contribution is 0.623. The largest absolute Gasteiger partial charge is 0.456 e. The fourth-order valence-corrected chi connectivity index (χ4v) is 12.1. The average molecular weight is 865 g/mol. The van der Waals surface area contributed by atoms with E-state index in [4.69, 9.17) is 4.42 Å². The maximum absolute atomic E-state index is 6.92. The molecule has 10 aromatic rings. The van der Waals surface area contributed by atoms with Crippen LogP contribution in [0.3, 0.4) is 0 Å². The molecule has 322 valence electrons. The highest BCUT2D eigenvalue weighted by molar-refractivity contribution is 7.26. The van der Waals surface area contributed by atoms with Crippen molar-refractivity contribution in [1.82, 2.24) is 0 Å². The van der Waals surface area contributed by atoms with Crippen LogP contribution in [0.2, 0.25) is 0 Å². The summed E-state index contributed by atoms with van der Waals surface area (Å²) in [7, 11) is 0. The van der Waals surface area contributed by atoms with Crippen molar-refractivity contribution < 1.29 is 4.42 Å². The Balaban J connectivity index is 1.23. The number of nitrogens with zero attached hydrogens (tertiary/aromatic N) is 2. The molecule has 0 N–H and O–H groups in total. The van der Waals surface area contributed by atoms with E-state index in [1.165, 1.54) is 98.3 Å². The number of benzene rings is 8. The predicted molar refractivity (Wildman–Crippen MR) is 281 cm³/mol. The van der Waals surface area contributed by atoms with Gasteiger partial charge in [-0.05, 0) is 146 Å². The van der Waals surface area contributed by atoms with E-state index in [1.807, 2.05) is 11.3 Å². The van der Waals surface area contributed by atoms with E-state index in [0.717, 1.165) is 33.6 Å². The number of anilines is 6. The molecule has 0 atom stereocenters. The van der Waals surface area contributed by atoms with Crippen LogP contribution in [0.5, 0.6) is 0 Å². The van der Waals surface area contributed by atoms with Gasteiger partial charge in [-0.15, -0.1) is 11.3 Å². The monoisotopic (exact) mass is 864 g/mol. The summed E-state index contributed by atoms with van der Waals surface area (Å²) >= 11 is 1.93. The van der Waals surface area contributed by atoms with E-state index in [-0.39, 0.29) is 5.41 Å². The zero-order valence-electron chi connectivity index (χ0n) is 39.2. The summed E-state index contributed by atoms with van der Waals surface area (Å²) < 4.78 is 9.53. The molecule has 0 unspecified atom stereocenters. The quantitative estimate of drug-likeness (QED) is 0.152. The molecule has 4 heteroatoms. The Morgan fingerprint density at radius 1 is 0.492 bits per heavy atom. The number of hydrogen-bond donors (Lipinski definition) is 0. The number of furan rings is 1. The first-order valence-corrected chi connectivity index (χ1v) is 24.0. The lowest BCUT2D eigenvalue weighted by Gasteiger charge is -2.31. The second kappa shape index (κ2) is 15.2. The molecule has 65 heavy (non-hydrogen) atoms. The Bertz CT molecular complexity index is 3510. The highest BCUT2D eigenvalue weighted by atomic mass is 32.1. The summed E-state index contributed by atoms with van der Waals surface area (Å²) in [4.78, 5) is 4.99. The van der Waals surface area contributed by atoms with Gasteiger partial charge in [0, 0.05) is 75.9 Å². The maximum Gasteiger partial charge on any atom is 0.140 e. The van der Waals surface area contributed by atoms with Gasteiger partial charge in [-0.1, -0.05) is 125 Å². The standard InChI is InChI=1S/C61H56N2OS/c1-35(2)41-17-21-43(22-18-41)62(51-28-15-37(5)31-39(51)7)45-25-30-55-49(33-45)50-34-53(63(52-29-16-38(6)32-40(52)8)44-23-19-42(20-24-44)36(3)4)56-48-27-26-47-46-13-11-12-14-54(46)64-59(47)57(48)61(9,10)58(56)60(50)65-55/h11-36H,1-10H3. The van der Waals surface area contributed by atoms with Crippen LogP contribution in [-0.2, 0) is 5.41 Å². The van der Waals surface area contributed by atoms with Crippen LogP contribution < -0.4 is 9.80 Å². The number of para-hydroxylation sites is 1. The van der Waals surface area contributed by atoms with Gasteiger partial charge in [-0.3, -0.25) is 0 Å². The highest BCUT2D eigenvalue weighted by Gasteiger charge is 2.43. The van der Waals surface area contributed by atoms with Gasteiger partial charge in [0.2, 0.25) is 0 Å². The Morgan fingerprint density at radius 3 is 1.69 bits per heavy atom. The smallest absolute Gasteiger partial charge is 0.140 e. The Morgan fingerprint density at radius 2 is 1.08 bits per heavy atom. The maximum atomic E-state index is 6.92. The molecule has 0 amide bonds. The molecule has 0 fully saturated rings. The van der Waals surface area contributed by atoms with E-state index in [1.54, 1.807) is 0 Å². The van der Waals surface area contributed by atoms with Crippen LogP contribution in [0, 0.1) is 27.7 Å². The topological polar surface area (TPSA) is 19.6 Å². The first-order chi connectivity index (χ1) is 31.3. The zero-order valence-corrected chi connectivity index (χ0v) is 40.0. The molecule has 1 aliphatic carbocycles. The molecule has 0 saturated heterocycles. The molecular weight excluding hydrogens is 809 g/mol. The predicted octanol–water partition coefficient (Wildman–Crippen LogP) is 18.7. The molecule has 11 rings (SSSR count). The van der Waals surface area contributed by atoms with Gasteiger partial charge in [0.05, 0.1) is 5.69 Å². The number of fused-ring (bicyclic) bond motifs is 11. The molecule has 2 aromatic heterocycles.